The van der Waals surface area contributed by atoms with Crippen LogP contribution in [0.15, 0.2) is 60.7 Å². The van der Waals surface area contributed by atoms with Gasteiger partial charge >= 0.3 is 5.97 Å². The first-order valence-corrected chi connectivity index (χ1v) is 7.86. The van der Waals surface area contributed by atoms with Gasteiger partial charge in [-0.2, -0.15) is 0 Å². The van der Waals surface area contributed by atoms with Crippen molar-refractivity contribution in [2.24, 2.45) is 0 Å². The molecule has 130 valence electrons. The van der Waals surface area contributed by atoms with E-state index in [4.69, 9.17) is 9.47 Å². The maximum Gasteiger partial charge on any atom is 0.331 e. The fraction of sp³-hybridized carbons (Fsp3) is 0.200. The Morgan fingerprint density at radius 2 is 1.68 bits per heavy atom. The van der Waals surface area contributed by atoms with Gasteiger partial charge in [0.15, 0.2) is 6.10 Å². The van der Waals surface area contributed by atoms with E-state index in [9.17, 15) is 9.59 Å². The Hall–Kier alpha value is -3.08. The zero-order valence-corrected chi connectivity index (χ0v) is 14.5. The van der Waals surface area contributed by atoms with Crippen LogP contribution in [0.3, 0.4) is 0 Å². The number of hydrogen-bond acceptors (Lipinski definition) is 4. The molecular weight excluding hydrogens is 318 g/mol. The lowest BCUT2D eigenvalue weighted by molar-refractivity contribution is -0.148. The summed E-state index contributed by atoms with van der Waals surface area (Å²) >= 11 is 0. The molecule has 0 aliphatic rings. The second-order valence-electron chi connectivity index (χ2n) is 5.42. The van der Waals surface area contributed by atoms with E-state index < -0.39 is 12.1 Å². The highest BCUT2D eigenvalue weighted by molar-refractivity contribution is 5.98. The van der Waals surface area contributed by atoms with Gasteiger partial charge in [-0.25, -0.2) is 4.79 Å². The van der Waals surface area contributed by atoms with E-state index in [2.05, 4.69) is 0 Å². The minimum atomic E-state index is -0.877. The molecule has 0 saturated carbocycles. The molecule has 25 heavy (non-hydrogen) atoms. The maximum atomic E-state index is 12.3. The summed E-state index contributed by atoms with van der Waals surface area (Å²) in [6.07, 6.45) is 2.05. The van der Waals surface area contributed by atoms with Crippen molar-refractivity contribution >= 4 is 23.6 Å². The van der Waals surface area contributed by atoms with Gasteiger partial charge in [-0.15, -0.1) is 0 Å². The fourth-order valence-corrected chi connectivity index (χ4v) is 2.19. The summed E-state index contributed by atoms with van der Waals surface area (Å²) in [6, 6.07) is 16.4. The van der Waals surface area contributed by atoms with E-state index in [-0.39, 0.29) is 5.91 Å². The Morgan fingerprint density at radius 1 is 1.04 bits per heavy atom. The standard InChI is InChI=1S/C20H21NO4/c1-15(20(23)21(2)17-7-5-4-6-8-17)25-19(22)14-11-16-9-12-18(24-3)13-10-16/h4-15H,1-3H3/b14-11+/t15-/m1/s1. The van der Waals surface area contributed by atoms with Gasteiger partial charge in [0.05, 0.1) is 7.11 Å². The van der Waals surface area contributed by atoms with Crippen LogP contribution in [0, 0.1) is 0 Å². The average Bonchev–Trinajstić information content (AvgIpc) is 2.66. The first kappa shape index (κ1) is 18.3. The quantitative estimate of drug-likeness (QED) is 0.598. The van der Waals surface area contributed by atoms with E-state index >= 15 is 0 Å². The normalized spacial score (nSPS) is 11.8. The molecule has 5 nitrogen and oxygen atoms in total. The van der Waals surface area contributed by atoms with Crippen LogP contribution in [-0.2, 0) is 14.3 Å². The number of hydrogen-bond donors (Lipinski definition) is 0. The second-order valence-corrected chi connectivity index (χ2v) is 5.42. The van der Waals surface area contributed by atoms with Gasteiger partial charge in [0.1, 0.15) is 5.75 Å². The molecule has 0 aromatic heterocycles. The Bertz CT molecular complexity index is 738. The van der Waals surface area contributed by atoms with E-state index in [1.165, 1.54) is 11.0 Å². The van der Waals surface area contributed by atoms with Crippen molar-refractivity contribution in [1.82, 2.24) is 0 Å². The SMILES string of the molecule is COc1ccc(/C=C/C(=O)O[C@H](C)C(=O)N(C)c2ccccc2)cc1. The first-order chi connectivity index (χ1) is 12.0. The van der Waals surface area contributed by atoms with Gasteiger partial charge in [-0.1, -0.05) is 30.3 Å². The van der Waals surface area contributed by atoms with Gasteiger partial charge in [0, 0.05) is 18.8 Å². The summed E-state index contributed by atoms with van der Waals surface area (Å²) in [6.45, 7) is 1.56. The molecular formula is C20H21NO4. The summed E-state index contributed by atoms with van der Waals surface area (Å²) in [4.78, 5) is 25.7. The number of ether oxygens (including phenoxy) is 2. The van der Waals surface area contributed by atoms with E-state index in [1.807, 2.05) is 42.5 Å². The van der Waals surface area contributed by atoms with Crippen molar-refractivity contribution in [3.63, 3.8) is 0 Å². The van der Waals surface area contributed by atoms with Crippen LogP contribution in [0.5, 0.6) is 5.75 Å². The predicted molar refractivity (Wildman–Crippen MR) is 97.4 cm³/mol. The first-order valence-electron chi connectivity index (χ1n) is 7.86. The number of para-hydroxylation sites is 1. The Morgan fingerprint density at radius 3 is 2.28 bits per heavy atom. The van der Waals surface area contributed by atoms with Crippen molar-refractivity contribution in [3.8, 4) is 5.75 Å². The molecule has 2 aromatic rings. The van der Waals surface area contributed by atoms with Crippen molar-refractivity contribution in [3.05, 3.63) is 66.2 Å². The minimum absolute atomic E-state index is 0.294. The van der Waals surface area contributed by atoms with Crippen molar-refractivity contribution < 1.29 is 19.1 Å². The maximum absolute atomic E-state index is 12.3. The lowest BCUT2D eigenvalue weighted by atomic mass is 10.2. The number of benzene rings is 2. The van der Waals surface area contributed by atoms with Gasteiger partial charge in [0.25, 0.3) is 5.91 Å². The number of nitrogens with zero attached hydrogens (tertiary/aromatic N) is 1. The van der Waals surface area contributed by atoms with Crippen LogP contribution in [0.25, 0.3) is 6.08 Å². The molecule has 0 unspecified atom stereocenters. The molecule has 1 atom stereocenters. The van der Waals surface area contributed by atoms with E-state index in [0.29, 0.717) is 0 Å². The van der Waals surface area contributed by atoms with E-state index in [1.54, 1.807) is 39.3 Å². The molecule has 0 bridgehead atoms. The van der Waals surface area contributed by atoms with Crippen LogP contribution in [0.1, 0.15) is 12.5 Å². The highest BCUT2D eigenvalue weighted by Gasteiger charge is 2.21. The molecule has 0 aliphatic carbocycles. The van der Waals surface area contributed by atoms with E-state index in [0.717, 1.165) is 17.0 Å². The number of carbonyl (C=O) groups is 2. The molecule has 5 heteroatoms. The minimum Gasteiger partial charge on any atom is -0.497 e. The van der Waals surface area contributed by atoms with Gasteiger partial charge in [-0.3, -0.25) is 4.79 Å². The topological polar surface area (TPSA) is 55.8 Å². The third-order valence-corrected chi connectivity index (χ3v) is 3.64. The molecule has 0 N–H and O–H groups in total. The van der Waals surface area contributed by atoms with Crippen LogP contribution in [0.4, 0.5) is 5.69 Å². The number of likely N-dealkylation sites (N-methyl/N-ethyl adjacent to an activating group) is 1. The van der Waals surface area contributed by atoms with Gasteiger partial charge in [0.2, 0.25) is 0 Å². The second kappa shape index (κ2) is 8.68. The van der Waals surface area contributed by atoms with Crippen molar-refractivity contribution in [2.45, 2.75) is 13.0 Å². The molecule has 0 heterocycles. The van der Waals surface area contributed by atoms with Crippen LogP contribution in [0.2, 0.25) is 0 Å². The van der Waals surface area contributed by atoms with Crippen LogP contribution in [-0.4, -0.2) is 32.1 Å². The van der Waals surface area contributed by atoms with Crippen LogP contribution < -0.4 is 9.64 Å². The molecule has 0 spiro atoms. The highest BCUT2D eigenvalue weighted by Crippen LogP contribution is 2.14. The Kier molecular flexibility index (Phi) is 6.34. The molecule has 0 radical (unpaired) electrons. The third kappa shape index (κ3) is 5.21. The number of anilines is 1. The number of carbonyl (C=O) groups excluding carboxylic acids is 2. The Labute approximate surface area is 147 Å². The highest BCUT2D eigenvalue weighted by atomic mass is 16.5. The number of methoxy groups -OCH3 is 1. The van der Waals surface area contributed by atoms with Crippen molar-refractivity contribution in [1.29, 1.82) is 0 Å². The summed E-state index contributed by atoms with van der Waals surface area (Å²) in [5.41, 5.74) is 1.57. The van der Waals surface area contributed by atoms with Crippen molar-refractivity contribution in [2.75, 3.05) is 19.1 Å². The Balaban J connectivity index is 1.92. The molecule has 0 saturated heterocycles. The largest absolute Gasteiger partial charge is 0.497 e. The summed E-state index contributed by atoms with van der Waals surface area (Å²) in [5.74, 6) is -0.126. The lowest BCUT2D eigenvalue weighted by Crippen LogP contribution is -2.37. The number of rotatable bonds is 6. The number of esters is 1. The van der Waals surface area contributed by atoms with Gasteiger partial charge in [-0.05, 0) is 42.8 Å². The third-order valence-electron chi connectivity index (χ3n) is 3.64. The zero-order valence-electron chi connectivity index (χ0n) is 14.5. The summed E-state index contributed by atoms with van der Waals surface area (Å²) in [7, 11) is 3.24. The molecule has 1 amide bonds. The zero-order chi connectivity index (χ0) is 18.2. The average molecular weight is 339 g/mol. The summed E-state index contributed by atoms with van der Waals surface area (Å²) < 4.78 is 10.3. The molecule has 0 fully saturated rings. The smallest absolute Gasteiger partial charge is 0.331 e. The van der Waals surface area contributed by atoms with Gasteiger partial charge < -0.3 is 14.4 Å². The predicted octanol–water partition coefficient (Wildman–Crippen LogP) is 3.30. The number of amides is 1. The summed E-state index contributed by atoms with van der Waals surface area (Å²) in [5, 5.41) is 0. The molecule has 2 aromatic carbocycles. The lowest BCUT2D eigenvalue weighted by Gasteiger charge is -2.21. The fourth-order valence-electron chi connectivity index (χ4n) is 2.19. The molecule has 0 aliphatic heterocycles. The molecule has 2 rings (SSSR count). The van der Waals surface area contributed by atoms with Crippen LogP contribution >= 0.6 is 0 Å². The monoisotopic (exact) mass is 339 g/mol.